The van der Waals surface area contributed by atoms with Gasteiger partial charge in [0.15, 0.2) is 0 Å². The topological polar surface area (TPSA) is 16.4 Å². The van der Waals surface area contributed by atoms with Gasteiger partial charge in [0.1, 0.15) is 11.2 Å². The summed E-state index contributed by atoms with van der Waals surface area (Å²) in [6, 6.07) is 65.3. The molecule has 0 aliphatic heterocycles. The summed E-state index contributed by atoms with van der Waals surface area (Å²) in [5, 5.41) is 2.23. The van der Waals surface area contributed by atoms with E-state index in [2.05, 4.69) is 258 Å². The molecule has 0 radical (unpaired) electrons. The number of anilines is 3. The predicted octanol–water partition coefficient (Wildman–Crippen LogP) is 18.9. The van der Waals surface area contributed by atoms with Crippen molar-refractivity contribution in [1.82, 2.24) is 0 Å². The van der Waals surface area contributed by atoms with Crippen LogP contribution in [0.2, 0.25) is 0 Å². The van der Waals surface area contributed by atoms with Crippen LogP contribution in [0.1, 0.15) is 105 Å². The molecule has 0 amide bonds. The van der Waals surface area contributed by atoms with Gasteiger partial charge >= 0.3 is 0 Å². The molecule has 1 heterocycles. The van der Waals surface area contributed by atoms with Crippen molar-refractivity contribution in [3.05, 3.63) is 198 Å². The van der Waals surface area contributed by atoms with Crippen LogP contribution >= 0.6 is 0 Å². The molecule has 1 aromatic heterocycles. The first-order valence-corrected chi connectivity index (χ1v) is 23.7. The molecule has 66 heavy (non-hydrogen) atoms. The van der Waals surface area contributed by atoms with Crippen LogP contribution in [0.3, 0.4) is 0 Å². The molecule has 0 aliphatic carbocycles. The van der Waals surface area contributed by atoms with E-state index in [1.54, 1.807) is 0 Å². The Bertz CT molecular complexity index is 3010. The van der Waals surface area contributed by atoms with E-state index in [1.807, 2.05) is 6.07 Å². The molecular weight excluding hydrogens is 799 g/mol. The SMILES string of the molecule is CC(C)(C)c1cc(-c2ccc(N(c3ccc(-c4cc(C(C)(C)C)cc(C(C)(C)C)c4)cc3)c3cc(-c4ccccc4)ccc3-c3cccc4oc5ccccc5c34)cc2)cc(C(C)(C)C)c1. The molecular formula is C64H65NO. The molecule has 2 nitrogen and oxygen atoms in total. The number of nitrogens with zero attached hydrogens (tertiary/aromatic N) is 1. The Kier molecular flexibility index (Phi) is 11.2. The lowest BCUT2D eigenvalue weighted by molar-refractivity contribution is 0.568. The molecule has 0 saturated carbocycles. The third kappa shape index (κ3) is 8.87. The van der Waals surface area contributed by atoms with Crippen molar-refractivity contribution in [3.8, 4) is 44.5 Å². The minimum Gasteiger partial charge on any atom is -0.456 e. The minimum atomic E-state index is 0.0185. The number of para-hydroxylation sites is 1. The maximum Gasteiger partial charge on any atom is 0.136 e. The molecule has 332 valence electrons. The van der Waals surface area contributed by atoms with Gasteiger partial charge in [-0.3, -0.25) is 0 Å². The lowest BCUT2D eigenvalue weighted by Crippen LogP contribution is -2.16. The Balaban J connectivity index is 1.27. The van der Waals surface area contributed by atoms with Crippen molar-refractivity contribution < 1.29 is 4.42 Å². The lowest BCUT2D eigenvalue weighted by atomic mass is 9.79. The Morgan fingerprint density at radius 1 is 0.318 bits per heavy atom. The molecule has 2 heteroatoms. The summed E-state index contributed by atoms with van der Waals surface area (Å²) in [7, 11) is 0. The summed E-state index contributed by atoms with van der Waals surface area (Å²) in [5.41, 5.74) is 20.0. The minimum absolute atomic E-state index is 0.0185. The van der Waals surface area contributed by atoms with Gasteiger partial charge in [-0.05, 0) is 125 Å². The van der Waals surface area contributed by atoms with Crippen molar-refractivity contribution in [2.24, 2.45) is 0 Å². The number of fused-ring (bicyclic) bond motifs is 3. The van der Waals surface area contributed by atoms with Crippen molar-refractivity contribution in [2.45, 2.75) is 105 Å². The van der Waals surface area contributed by atoms with Gasteiger partial charge in [0.05, 0.1) is 5.69 Å². The maximum atomic E-state index is 6.49. The lowest BCUT2D eigenvalue weighted by Gasteiger charge is -2.29. The van der Waals surface area contributed by atoms with E-state index >= 15 is 0 Å². The van der Waals surface area contributed by atoms with Crippen LogP contribution in [0, 0.1) is 0 Å². The normalized spacial score (nSPS) is 12.5. The van der Waals surface area contributed by atoms with Crippen LogP contribution in [-0.2, 0) is 21.7 Å². The van der Waals surface area contributed by atoms with Crippen LogP contribution in [0.4, 0.5) is 17.1 Å². The summed E-state index contributed by atoms with van der Waals surface area (Å²) in [5.74, 6) is 0. The summed E-state index contributed by atoms with van der Waals surface area (Å²) in [6.45, 7) is 27.7. The van der Waals surface area contributed by atoms with Crippen molar-refractivity contribution in [3.63, 3.8) is 0 Å². The highest BCUT2D eigenvalue weighted by Crippen LogP contribution is 2.47. The van der Waals surface area contributed by atoms with Crippen LogP contribution < -0.4 is 4.90 Å². The van der Waals surface area contributed by atoms with E-state index in [-0.39, 0.29) is 21.7 Å². The predicted molar refractivity (Wildman–Crippen MR) is 285 cm³/mol. The molecule has 0 bridgehead atoms. The van der Waals surface area contributed by atoms with E-state index in [1.165, 1.54) is 50.1 Å². The van der Waals surface area contributed by atoms with E-state index in [9.17, 15) is 0 Å². The highest BCUT2D eigenvalue weighted by Gasteiger charge is 2.25. The zero-order chi connectivity index (χ0) is 46.8. The maximum absolute atomic E-state index is 6.49. The Morgan fingerprint density at radius 3 is 1.23 bits per heavy atom. The zero-order valence-corrected chi connectivity index (χ0v) is 41.1. The Morgan fingerprint density at radius 2 is 0.742 bits per heavy atom. The van der Waals surface area contributed by atoms with Gasteiger partial charge in [-0.1, -0.05) is 217 Å². The second-order valence-electron chi connectivity index (χ2n) is 22.4. The van der Waals surface area contributed by atoms with Gasteiger partial charge in [0.2, 0.25) is 0 Å². The summed E-state index contributed by atoms with van der Waals surface area (Å²) >= 11 is 0. The molecule has 0 fully saturated rings. The van der Waals surface area contributed by atoms with Gasteiger partial charge in [0.25, 0.3) is 0 Å². The van der Waals surface area contributed by atoms with Crippen LogP contribution in [0.25, 0.3) is 66.4 Å². The van der Waals surface area contributed by atoms with Gasteiger partial charge in [0, 0.05) is 27.7 Å². The quantitative estimate of drug-likeness (QED) is 0.159. The van der Waals surface area contributed by atoms with Gasteiger partial charge in [-0.2, -0.15) is 0 Å². The summed E-state index contributed by atoms with van der Waals surface area (Å²) in [4.78, 5) is 2.45. The smallest absolute Gasteiger partial charge is 0.136 e. The fourth-order valence-corrected chi connectivity index (χ4v) is 9.11. The Labute approximate surface area is 394 Å². The molecule has 9 rings (SSSR count). The largest absolute Gasteiger partial charge is 0.456 e. The average Bonchev–Trinajstić information content (AvgIpc) is 3.68. The van der Waals surface area contributed by atoms with Crippen LogP contribution in [0.15, 0.2) is 180 Å². The monoisotopic (exact) mass is 864 g/mol. The third-order valence-corrected chi connectivity index (χ3v) is 13.3. The number of rotatable bonds is 7. The fourth-order valence-electron chi connectivity index (χ4n) is 9.11. The number of benzene rings is 8. The van der Waals surface area contributed by atoms with Crippen molar-refractivity contribution in [1.29, 1.82) is 0 Å². The molecule has 0 saturated heterocycles. The summed E-state index contributed by atoms with van der Waals surface area (Å²) in [6.07, 6.45) is 0. The van der Waals surface area contributed by atoms with E-state index in [0.717, 1.165) is 55.7 Å². The molecule has 0 unspecified atom stereocenters. The molecule has 0 aliphatic rings. The van der Waals surface area contributed by atoms with Crippen molar-refractivity contribution in [2.75, 3.05) is 4.90 Å². The van der Waals surface area contributed by atoms with Crippen LogP contribution in [0.5, 0.6) is 0 Å². The second kappa shape index (κ2) is 16.7. The first-order valence-electron chi connectivity index (χ1n) is 23.7. The van der Waals surface area contributed by atoms with Gasteiger partial charge < -0.3 is 9.32 Å². The zero-order valence-electron chi connectivity index (χ0n) is 41.1. The van der Waals surface area contributed by atoms with Gasteiger partial charge in [-0.15, -0.1) is 0 Å². The molecule has 0 spiro atoms. The molecule has 9 aromatic rings. The molecule has 8 aromatic carbocycles. The standard InChI is InChI=1S/C64H65NO/c1-61(2,3)48-35-46(36-49(40-48)62(4,5)6)43-25-30-52(31-26-43)65(53-32-27-44(28-33-53)47-37-50(63(7,8)9)41-51(38-47)64(10,11)12)57-39-45(42-19-14-13-15-20-42)29-34-54(57)55-22-18-24-59-60(55)56-21-16-17-23-58(56)66-59/h13-41H,1-12H3. The highest BCUT2D eigenvalue weighted by molar-refractivity contribution is 6.14. The summed E-state index contributed by atoms with van der Waals surface area (Å²) < 4.78 is 6.49. The fraction of sp³-hybridized carbons (Fsp3) is 0.250. The van der Waals surface area contributed by atoms with Gasteiger partial charge in [-0.25, -0.2) is 0 Å². The highest BCUT2D eigenvalue weighted by atomic mass is 16.3. The number of hydrogen-bond donors (Lipinski definition) is 0. The average molecular weight is 864 g/mol. The first kappa shape index (κ1) is 44.6. The van der Waals surface area contributed by atoms with E-state index in [4.69, 9.17) is 4.42 Å². The number of furan rings is 1. The van der Waals surface area contributed by atoms with Crippen molar-refractivity contribution >= 4 is 39.0 Å². The third-order valence-electron chi connectivity index (χ3n) is 13.3. The van der Waals surface area contributed by atoms with Crippen LogP contribution in [-0.4, -0.2) is 0 Å². The van der Waals surface area contributed by atoms with E-state index in [0.29, 0.717) is 0 Å². The van der Waals surface area contributed by atoms with E-state index < -0.39 is 0 Å². The molecule has 0 atom stereocenters. The molecule has 0 N–H and O–H groups in total. The number of hydrogen-bond acceptors (Lipinski definition) is 2. The Hall–Kier alpha value is -6.64. The second-order valence-corrected chi connectivity index (χ2v) is 22.4. The first-order chi connectivity index (χ1) is 31.2.